The van der Waals surface area contributed by atoms with E-state index in [1.165, 1.54) is 0 Å². The zero-order valence-electron chi connectivity index (χ0n) is 11.5. The zero-order valence-corrected chi connectivity index (χ0v) is 11.5. The molecule has 0 saturated carbocycles. The van der Waals surface area contributed by atoms with Crippen LogP contribution in [0, 0.1) is 6.92 Å². The average Bonchev–Trinajstić information content (AvgIpc) is 2.39. The predicted molar refractivity (Wildman–Crippen MR) is 73.4 cm³/mol. The Morgan fingerprint density at radius 3 is 2.39 bits per heavy atom. The minimum Gasteiger partial charge on any atom is -0.394 e. The van der Waals surface area contributed by atoms with Gasteiger partial charge in [-0.2, -0.15) is 0 Å². The molecule has 1 aromatic carbocycles. The fraction of sp³-hybridized carbons (Fsp3) is 0.533. The molecular weight excluding hydrogens is 226 g/mol. The van der Waals surface area contributed by atoms with Crippen molar-refractivity contribution >= 4 is 5.91 Å². The van der Waals surface area contributed by atoms with E-state index in [-0.39, 0.29) is 12.5 Å². The average molecular weight is 249 g/mol. The molecule has 0 aliphatic rings. The van der Waals surface area contributed by atoms with Gasteiger partial charge in [-0.25, -0.2) is 0 Å². The van der Waals surface area contributed by atoms with Crippen LogP contribution in [0.1, 0.15) is 37.8 Å². The van der Waals surface area contributed by atoms with Crippen LogP contribution in [0.5, 0.6) is 0 Å². The van der Waals surface area contributed by atoms with Crippen LogP contribution in [0.3, 0.4) is 0 Å². The first kappa shape index (κ1) is 14.7. The van der Waals surface area contributed by atoms with Gasteiger partial charge in [0, 0.05) is 0 Å². The summed E-state index contributed by atoms with van der Waals surface area (Å²) < 4.78 is 0. The van der Waals surface area contributed by atoms with E-state index < -0.39 is 5.54 Å². The Hall–Kier alpha value is -1.35. The highest BCUT2D eigenvalue weighted by Gasteiger charge is 2.27. The van der Waals surface area contributed by atoms with Crippen molar-refractivity contribution < 1.29 is 9.90 Å². The highest BCUT2D eigenvalue weighted by molar-refractivity contribution is 5.79. The van der Waals surface area contributed by atoms with E-state index in [1.807, 2.05) is 45.0 Å². The third kappa shape index (κ3) is 3.57. The fourth-order valence-electron chi connectivity index (χ4n) is 2.01. The number of benzene rings is 1. The number of nitrogens with one attached hydrogen (secondary N) is 1. The van der Waals surface area contributed by atoms with Gasteiger partial charge in [0.2, 0.25) is 5.91 Å². The molecule has 3 heteroatoms. The molecular formula is C15H23NO2. The van der Waals surface area contributed by atoms with Crippen molar-refractivity contribution in [1.82, 2.24) is 5.32 Å². The molecule has 3 nitrogen and oxygen atoms in total. The number of aliphatic hydroxyl groups is 1. The van der Waals surface area contributed by atoms with Crippen LogP contribution >= 0.6 is 0 Å². The van der Waals surface area contributed by atoms with Gasteiger partial charge in [-0.3, -0.25) is 4.79 Å². The van der Waals surface area contributed by atoms with Gasteiger partial charge in [0.05, 0.1) is 18.6 Å². The van der Waals surface area contributed by atoms with Gasteiger partial charge in [-0.1, -0.05) is 38.1 Å². The molecule has 0 heterocycles. The number of carbonyl (C=O) groups excluding carboxylic acids is 1. The predicted octanol–water partition coefficient (Wildman–Crippen LogP) is 2.20. The summed E-state index contributed by atoms with van der Waals surface area (Å²) in [5.41, 5.74) is 1.68. The first-order chi connectivity index (χ1) is 8.56. The summed E-state index contributed by atoms with van der Waals surface area (Å²) >= 11 is 0. The number of hydrogen-bond donors (Lipinski definition) is 2. The first-order valence-electron chi connectivity index (χ1n) is 6.53. The van der Waals surface area contributed by atoms with Crippen molar-refractivity contribution in [2.45, 2.75) is 45.6 Å². The molecule has 0 saturated heterocycles. The summed E-state index contributed by atoms with van der Waals surface area (Å²) in [4.78, 5) is 12.0. The lowest BCUT2D eigenvalue weighted by molar-refractivity contribution is -0.123. The highest BCUT2D eigenvalue weighted by Crippen LogP contribution is 2.15. The van der Waals surface area contributed by atoms with Gasteiger partial charge < -0.3 is 10.4 Å². The molecule has 0 unspecified atom stereocenters. The number of aliphatic hydroxyl groups excluding tert-OH is 1. The van der Waals surface area contributed by atoms with Gasteiger partial charge in [0.15, 0.2) is 0 Å². The summed E-state index contributed by atoms with van der Waals surface area (Å²) in [6.07, 6.45) is 1.84. The van der Waals surface area contributed by atoms with Gasteiger partial charge in [-0.05, 0) is 30.9 Å². The van der Waals surface area contributed by atoms with Crippen LogP contribution in [-0.4, -0.2) is 23.2 Å². The third-order valence-electron chi connectivity index (χ3n) is 3.67. The van der Waals surface area contributed by atoms with Gasteiger partial charge >= 0.3 is 0 Å². The maximum atomic E-state index is 12.0. The van der Waals surface area contributed by atoms with E-state index in [4.69, 9.17) is 0 Å². The largest absolute Gasteiger partial charge is 0.394 e. The second-order valence-corrected chi connectivity index (χ2v) is 4.80. The number of aryl methyl sites for hydroxylation is 1. The summed E-state index contributed by atoms with van der Waals surface area (Å²) in [5.74, 6) is -0.0259. The van der Waals surface area contributed by atoms with E-state index >= 15 is 0 Å². The summed E-state index contributed by atoms with van der Waals surface area (Å²) in [7, 11) is 0. The molecule has 18 heavy (non-hydrogen) atoms. The molecule has 100 valence electrons. The zero-order chi connectivity index (χ0) is 13.6. The lowest BCUT2D eigenvalue weighted by Gasteiger charge is -2.30. The molecule has 0 radical (unpaired) electrons. The van der Waals surface area contributed by atoms with E-state index in [0.29, 0.717) is 6.42 Å². The van der Waals surface area contributed by atoms with Crippen LogP contribution in [0.4, 0.5) is 0 Å². The summed E-state index contributed by atoms with van der Waals surface area (Å²) in [6, 6.07) is 7.87. The van der Waals surface area contributed by atoms with E-state index in [9.17, 15) is 9.90 Å². The summed E-state index contributed by atoms with van der Waals surface area (Å²) in [6.45, 7) is 5.95. The quantitative estimate of drug-likeness (QED) is 0.812. The topological polar surface area (TPSA) is 49.3 Å². The molecule has 0 aliphatic carbocycles. The Kier molecular flexibility index (Phi) is 5.35. The molecule has 0 atom stereocenters. The molecule has 1 rings (SSSR count). The smallest absolute Gasteiger partial charge is 0.224 e. The second kappa shape index (κ2) is 6.55. The van der Waals surface area contributed by atoms with Crippen LogP contribution < -0.4 is 5.32 Å². The Morgan fingerprint density at radius 2 is 1.89 bits per heavy atom. The molecule has 0 bridgehead atoms. The van der Waals surface area contributed by atoms with Crippen molar-refractivity contribution in [3.8, 4) is 0 Å². The normalized spacial score (nSPS) is 11.3. The minimum atomic E-state index is -0.472. The lowest BCUT2D eigenvalue weighted by atomic mass is 9.93. The van der Waals surface area contributed by atoms with Crippen LogP contribution in [0.15, 0.2) is 24.3 Å². The van der Waals surface area contributed by atoms with Crippen molar-refractivity contribution in [3.05, 3.63) is 35.4 Å². The lowest BCUT2D eigenvalue weighted by Crippen LogP contribution is -2.51. The Morgan fingerprint density at radius 1 is 1.28 bits per heavy atom. The van der Waals surface area contributed by atoms with E-state index in [0.717, 1.165) is 24.0 Å². The molecule has 0 aromatic heterocycles. The van der Waals surface area contributed by atoms with Gasteiger partial charge in [0.1, 0.15) is 0 Å². The van der Waals surface area contributed by atoms with Crippen molar-refractivity contribution in [1.29, 1.82) is 0 Å². The molecule has 1 amide bonds. The molecule has 2 N–H and O–H groups in total. The Balaban J connectivity index is 2.70. The van der Waals surface area contributed by atoms with Crippen molar-refractivity contribution in [2.75, 3.05) is 6.61 Å². The van der Waals surface area contributed by atoms with Gasteiger partial charge in [0.25, 0.3) is 0 Å². The first-order valence-corrected chi connectivity index (χ1v) is 6.53. The van der Waals surface area contributed by atoms with Crippen molar-refractivity contribution in [3.63, 3.8) is 0 Å². The Bertz CT molecular complexity index is 389. The van der Waals surface area contributed by atoms with E-state index in [1.54, 1.807) is 0 Å². The number of hydrogen-bond acceptors (Lipinski definition) is 2. The maximum absolute atomic E-state index is 12.0. The minimum absolute atomic E-state index is 0.0144. The second-order valence-electron chi connectivity index (χ2n) is 4.80. The van der Waals surface area contributed by atoms with E-state index in [2.05, 4.69) is 5.32 Å². The Labute approximate surface area is 109 Å². The summed E-state index contributed by atoms with van der Waals surface area (Å²) in [5, 5.41) is 12.4. The van der Waals surface area contributed by atoms with Crippen LogP contribution in [0.2, 0.25) is 0 Å². The van der Waals surface area contributed by atoms with Gasteiger partial charge in [-0.15, -0.1) is 0 Å². The SMILES string of the molecule is CCC(CC)(CO)NC(=O)Cc1ccccc1C. The standard InChI is InChI=1S/C15H23NO2/c1-4-15(5-2,11-17)16-14(18)10-13-9-7-6-8-12(13)3/h6-9,17H,4-5,10-11H2,1-3H3,(H,16,18). The van der Waals surface area contributed by atoms with Crippen LogP contribution in [-0.2, 0) is 11.2 Å². The number of rotatable bonds is 6. The highest BCUT2D eigenvalue weighted by atomic mass is 16.3. The fourth-order valence-corrected chi connectivity index (χ4v) is 2.01. The molecule has 0 aliphatic heterocycles. The molecule has 0 fully saturated rings. The molecule has 1 aromatic rings. The monoisotopic (exact) mass is 249 g/mol. The molecule has 0 spiro atoms. The van der Waals surface area contributed by atoms with Crippen molar-refractivity contribution in [2.24, 2.45) is 0 Å². The maximum Gasteiger partial charge on any atom is 0.224 e. The number of carbonyl (C=O) groups is 1. The van der Waals surface area contributed by atoms with Crippen LogP contribution in [0.25, 0.3) is 0 Å². The number of amides is 1. The third-order valence-corrected chi connectivity index (χ3v) is 3.67.